The Bertz CT molecular complexity index is 2260. The molecule has 0 saturated heterocycles. The van der Waals surface area contributed by atoms with Crippen molar-refractivity contribution in [3.05, 3.63) is 144 Å². The molecule has 1 heterocycles. The van der Waals surface area contributed by atoms with Crippen LogP contribution in [0, 0.1) is 29.1 Å². The van der Waals surface area contributed by atoms with Crippen LogP contribution in [0.5, 0.6) is 17.2 Å². The molecule has 6 unspecified atom stereocenters. The number of allylic oxidation sites excluding steroid dienone is 1. The molecule has 4 aromatic rings. The first-order chi connectivity index (χ1) is 30.9. The van der Waals surface area contributed by atoms with Crippen LogP contribution in [0.2, 0.25) is 0 Å². The number of ether oxygens (including phenoxy) is 3. The van der Waals surface area contributed by atoms with Gasteiger partial charge in [0.25, 0.3) is 5.91 Å². The SMILES string of the molecule is C=CCOC12Oc3ccc(Oc4ccc(SC)cc4)cc3C3C(CCCCO)C(CCCCO)C=C(C(=NOCc4ccccc4)CC1N(CCC)C(=O)c1ccc(C#N)cc1)C32. The molecule has 63 heavy (non-hydrogen) atoms. The van der Waals surface area contributed by atoms with Crippen molar-refractivity contribution >= 4 is 23.4 Å². The molecule has 2 N–H and O–H groups in total. The van der Waals surface area contributed by atoms with Crippen LogP contribution in [0.4, 0.5) is 0 Å². The van der Waals surface area contributed by atoms with E-state index >= 15 is 0 Å². The first-order valence-corrected chi connectivity index (χ1v) is 23.5. The summed E-state index contributed by atoms with van der Waals surface area (Å²) in [6, 6.07) is 32.2. The number of nitriles is 1. The van der Waals surface area contributed by atoms with Gasteiger partial charge in [-0.2, -0.15) is 5.26 Å². The molecule has 1 saturated carbocycles. The highest BCUT2D eigenvalue weighted by atomic mass is 32.2. The van der Waals surface area contributed by atoms with E-state index in [0.717, 1.165) is 58.7 Å². The molecule has 11 heteroatoms. The molecule has 1 aliphatic heterocycles. The maximum absolute atomic E-state index is 15.0. The highest BCUT2D eigenvalue weighted by molar-refractivity contribution is 7.98. The molecule has 0 bridgehead atoms. The van der Waals surface area contributed by atoms with E-state index in [4.69, 9.17) is 24.2 Å². The predicted octanol–water partition coefficient (Wildman–Crippen LogP) is 10.5. The highest BCUT2D eigenvalue weighted by Gasteiger charge is 2.65. The Kier molecular flexibility index (Phi) is 15.8. The molecular formula is C52H59N3O7S. The Morgan fingerprint density at radius 3 is 2.40 bits per heavy atom. The number of hydrogen-bond acceptors (Lipinski definition) is 10. The number of thioether (sulfide) groups is 1. The van der Waals surface area contributed by atoms with Gasteiger partial charge in [0.15, 0.2) is 0 Å². The van der Waals surface area contributed by atoms with Crippen molar-refractivity contribution in [3.63, 3.8) is 0 Å². The molecule has 4 aromatic carbocycles. The van der Waals surface area contributed by atoms with Gasteiger partial charge in [-0.1, -0.05) is 67.4 Å². The predicted molar refractivity (Wildman–Crippen MR) is 247 cm³/mol. The second-order valence-corrected chi connectivity index (χ2v) is 17.4. The molecule has 0 radical (unpaired) electrons. The van der Waals surface area contributed by atoms with E-state index in [-0.39, 0.29) is 56.5 Å². The lowest BCUT2D eigenvalue weighted by molar-refractivity contribution is -0.254. The zero-order chi connectivity index (χ0) is 44.2. The van der Waals surface area contributed by atoms with Crippen molar-refractivity contribution in [2.75, 3.05) is 32.6 Å². The van der Waals surface area contributed by atoms with Crippen LogP contribution < -0.4 is 9.47 Å². The minimum absolute atomic E-state index is 0.0635. The number of rotatable bonds is 21. The van der Waals surface area contributed by atoms with Crippen molar-refractivity contribution in [1.29, 1.82) is 5.26 Å². The second-order valence-electron chi connectivity index (χ2n) is 16.5. The van der Waals surface area contributed by atoms with Gasteiger partial charge in [-0.05, 0) is 128 Å². The van der Waals surface area contributed by atoms with Crippen LogP contribution in [0.25, 0.3) is 0 Å². The van der Waals surface area contributed by atoms with E-state index in [9.17, 15) is 20.3 Å². The fourth-order valence-electron chi connectivity index (χ4n) is 9.74. The van der Waals surface area contributed by atoms with Crippen molar-refractivity contribution < 1.29 is 34.1 Å². The lowest BCUT2D eigenvalue weighted by Crippen LogP contribution is -2.70. The minimum atomic E-state index is -1.39. The second kappa shape index (κ2) is 21.8. The minimum Gasteiger partial charge on any atom is -0.459 e. The summed E-state index contributed by atoms with van der Waals surface area (Å²) in [6.45, 7) is 7.14. The molecule has 7 rings (SSSR count). The Hall–Kier alpha value is -5.38. The van der Waals surface area contributed by atoms with Crippen molar-refractivity contribution in [2.45, 2.75) is 87.5 Å². The first-order valence-electron chi connectivity index (χ1n) is 22.2. The van der Waals surface area contributed by atoms with Crippen LogP contribution in [0.1, 0.15) is 91.3 Å². The molecule has 0 aromatic heterocycles. The zero-order valence-corrected chi connectivity index (χ0v) is 37.2. The molecule has 10 nitrogen and oxygen atoms in total. The highest BCUT2D eigenvalue weighted by Crippen LogP contribution is 2.62. The zero-order valence-electron chi connectivity index (χ0n) is 36.4. The molecule has 1 fully saturated rings. The molecule has 2 aliphatic carbocycles. The number of fused-ring (bicyclic) bond motifs is 2. The molecule has 6 atom stereocenters. The number of nitrogens with zero attached hydrogens (tertiary/aromatic N) is 3. The number of benzene rings is 4. The smallest absolute Gasteiger partial charge is 0.254 e. The van der Waals surface area contributed by atoms with Crippen LogP contribution in [0.3, 0.4) is 0 Å². The van der Waals surface area contributed by atoms with E-state index in [1.165, 1.54) is 0 Å². The number of amides is 1. The van der Waals surface area contributed by atoms with Crippen molar-refractivity contribution in [2.24, 2.45) is 22.9 Å². The van der Waals surface area contributed by atoms with Gasteiger partial charge in [0.2, 0.25) is 5.79 Å². The fraction of sp³-hybridized carbons (Fsp3) is 0.404. The summed E-state index contributed by atoms with van der Waals surface area (Å²) in [5, 5.41) is 34.5. The standard InChI is InChI=1S/C52H59N3O7S/c1-4-27-55(51(58)38-19-17-36(34-53)18-20-38)48-33-46(54-60-35-37-13-7-6-8-14-37)44-31-39(15-9-11-28-56)43(16-10-12-29-57)49-45-32-41(61-40-21-24-42(63-3)25-22-40)23-26-47(45)62-52(48,50(44)49)59-30-5-2/h5-8,13-14,17-26,31-32,39,43,48-50,56-57H,2,4,9-12,15-16,27-30,33,35H2,1,3H3. The monoisotopic (exact) mass is 869 g/mol. The van der Waals surface area contributed by atoms with Gasteiger partial charge in [0, 0.05) is 48.1 Å². The van der Waals surface area contributed by atoms with E-state index in [1.54, 1.807) is 42.1 Å². The Labute approximate surface area is 376 Å². The van der Waals surface area contributed by atoms with Gasteiger partial charge in [-0.15, -0.1) is 18.3 Å². The van der Waals surface area contributed by atoms with Gasteiger partial charge < -0.3 is 34.2 Å². The third kappa shape index (κ3) is 10.2. The summed E-state index contributed by atoms with van der Waals surface area (Å²) in [4.78, 5) is 24.2. The lowest BCUT2D eigenvalue weighted by Gasteiger charge is -2.60. The van der Waals surface area contributed by atoms with Crippen LogP contribution in [-0.4, -0.2) is 71.2 Å². The first kappa shape index (κ1) is 45.6. The number of hydrogen-bond donors (Lipinski definition) is 2. The van der Waals surface area contributed by atoms with Crippen molar-refractivity contribution in [1.82, 2.24) is 4.90 Å². The fourth-order valence-corrected chi connectivity index (χ4v) is 10.2. The molecular weight excluding hydrogens is 811 g/mol. The molecule has 1 amide bonds. The number of oxime groups is 1. The van der Waals surface area contributed by atoms with E-state index in [1.807, 2.05) is 84.8 Å². The molecule has 330 valence electrons. The Morgan fingerprint density at radius 2 is 1.71 bits per heavy atom. The van der Waals surface area contributed by atoms with Gasteiger partial charge >= 0.3 is 0 Å². The number of carbonyl (C=O) groups excluding carboxylic acids is 1. The van der Waals surface area contributed by atoms with Gasteiger partial charge in [0.05, 0.1) is 29.9 Å². The number of aliphatic hydroxyl groups excluding tert-OH is 2. The van der Waals surface area contributed by atoms with Crippen LogP contribution >= 0.6 is 11.8 Å². The summed E-state index contributed by atoms with van der Waals surface area (Å²) in [7, 11) is 0. The third-order valence-corrected chi connectivity index (χ3v) is 13.3. The Balaban J connectivity index is 1.44. The average molecular weight is 870 g/mol. The third-order valence-electron chi connectivity index (χ3n) is 12.6. The quantitative estimate of drug-likeness (QED) is 0.0363. The molecule has 0 spiro atoms. The van der Waals surface area contributed by atoms with Crippen molar-refractivity contribution in [3.8, 4) is 23.3 Å². The maximum Gasteiger partial charge on any atom is 0.254 e. The number of carbonyl (C=O) groups is 1. The summed E-state index contributed by atoms with van der Waals surface area (Å²) >= 11 is 1.67. The average Bonchev–Trinajstić information content (AvgIpc) is 3.32. The summed E-state index contributed by atoms with van der Waals surface area (Å²) < 4.78 is 21.1. The summed E-state index contributed by atoms with van der Waals surface area (Å²) in [6.07, 6.45) is 11.7. The summed E-state index contributed by atoms with van der Waals surface area (Å²) in [5.74, 6) is -0.0613. The number of aliphatic hydroxyl groups is 2. The Morgan fingerprint density at radius 1 is 0.984 bits per heavy atom. The van der Waals surface area contributed by atoms with E-state index < -0.39 is 17.7 Å². The van der Waals surface area contributed by atoms with Gasteiger partial charge in [-0.25, -0.2) is 0 Å². The van der Waals surface area contributed by atoms with E-state index in [0.29, 0.717) is 48.4 Å². The van der Waals surface area contributed by atoms with Crippen LogP contribution in [-0.2, 0) is 16.2 Å². The largest absolute Gasteiger partial charge is 0.459 e. The number of unbranched alkanes of at least 4 members (excludes halogenated alkanes) is 2. The topological polar surface area (TPSA) is 134 Å². The lowest BCUT2D eigenvalue weighted by atomic mass is 9.55. The van der Waals surface area contributed by atoms with E-state index in [2.05, 4.69) is 24.8 Å². The van der Waals surface area contributed by atoms with Gasteiger partial charge in [0.1, 0.15) is 29.9 Å². The van der Waals surface area contributed by atoms with Gasteiger partial charge in [-0.3, -0.25) is 4.79 Å². The maximum atomic E-state index is 15.0. The normalized spacial score (nSPS) is 22.7. The molecule has 3 aliphatic rings. The summed E-state index contributed by atoms with van der Waals surface area (Å²) in [5.41, 5.74) is 4.58. The van der Waals surface area contributed by atoms with Crippen LogP contribution in [0.15, 0.2) is 131 Å².